The molecule has 2 aromatic rings. The third-order valence-corrected chi connectivity index (χ3v) is 4.39. The van der Waals surface area contributed by atoms with Gasteiger partial charge in [-0.1, -0.05) is 44.5 Å². The molecule has 0 aliphatic carbocycles. The number of nitrogens with zero attached hydrogens (tertiary/aromatic N) is 3. The van der Waals surface area contributed by atoms with Crippen LogP contribution in [0.3, 0.4) is 0 Å². The zero-order valence-electron chi connectivity index (χ0n) is 15.2. The third-order valence-electron chi connectivity index (χ3n) is 4.39. The molecule has 0 atom stereocenters. The van der Waals surface area contributed by atoms with Gasteiger partial charge in [0.25, 0.3) is 5.56 Å². The number of benzene rings is 1. The molecule has 0 saturated carbocycles. The van der Waals surface area contributed by atoms with Crippen LogP contribution in [0.2, 0.25) is 0 Å². The average molecular weight is 349 g/mol. The number of hydrogen-bond donors (Lipinski definition) is 2. The van der Waals surface area contributed by atoms with Gasteiger partial charge < -0.3 is 10.7 Å². The normalized spacial score (nSPS) is 10.5. The number of rotatable bonds is 7. The molecule has 0 unspecified atom stereocenters. The number of nitriles is 2. The number of H-pyrrole nitrogens is 1. The molecule has 6 heteroatoms. The monoisotopic (exact) mass is 349 g/mol. The summed E-state index contributed by atoms with van der Waals surface area (Å²) in [5.74, 6) is -0.0210. The van der Waals surface area contributed by atoms with E-state index in [2.05, 4.69) is 23.7 Å². The molecule has 0 bridgehead atoms. The second-order valence-corrected chi connectivity index (χ2v) is 6.14. The Kier molecular flexibility index (Phi) is 6.54. The number of pyridine rings is 1. The van der Waals surface area contributed by atoms with Crippen LogP contribution in [0.25, 0.3) is 11.1 Å². The number of aromatic nitrogens is 1. The second kappa shape index (κ2) is 8.84. The lowest BCUT2D eigenvalue weighted by atomic mass is 9.96. The SMILES string of the molecule is CCCCN(CC)Cc1ccc(-c2c(C#N)c(N)[nH]c(=O)c2C#N)cc1. The number of nitrogens with one attached hydrogen (secondary N) is 1. The zero-order valence-corrected chi connectivity index (χ0v) is 15.2. The summed E-state index contributed by atoms with van der Waals surface area (Å²) in [7, 11) is 0. The van der Waals surface area contributed by atoms with E-state index in [0.717, 1.165) is 38.0 Å². The highest BCUT2D eigenvalue weighted by Gasteiger charge is 2.18. The van der Waals surface area contributed by atoms with Crippen LogP contribution in [0.1, 0.15) is 43.4 Å². The largest absolute Gasteiger partial charge is 0.384 e. The zero-order chi connectivity index (χ0) is 19.1. The maximum Gasteiger partial charge on any atom is 0.268 e. The molecule has 0 saturated heterocycles. The van der Waals surface area contributed by atoms with E-state index in [-0.39, 0.29) is 16.9 Å². The van der Waals surface area contributed by atoms with Crippen molar-refractivity contribution < 1.29 is 0 Å². The van der Waals surface area contributed by atoms with Crippen LogP contribution in [0.5, 0.6) is 0 Å². The molecule has 1 heterocycles. The molecule has 3 N–H and O–H groups in total. The molecule has 2 rings (SSSR count). The molecular formula is C20H23N5O. The molecule has 0 aliphatic heterocycles. The Morgan fingerprint density at radius 2 is 1.77 bits per heavy atom. The van der Waals surface area contributed by atoms with E-state index in [9.17, 15) is 15.3 Å². The van der Waals surface area contributed by atoms with Crippen LogP contribution in [0.4, 0.5) is 5.82 Å². The van der Waals surface area contributed by atoms with Gasteiger partial charge in [0.1, 0.15) is 29.1 Å². The van der Waals surface area contributed by atoms with Crippen LogP contribution in [0.15, 0.2) is 29.1 Å². The van der Waals surface area contributed by atoms with E-state index in [0.29, 0.717) is 11.1 Å². The summed E-state index contributed by atoms with van der Waals surface area (Å²) in [5, 5.41) is 18.7. The van der Waals surface area contributed by atoms with Crippen molar-refractivity contribution in [3.8, 4) is 23.3 Å². The van der Waals surface area contributed by atoms with E-state index < -0.39 is 5.56 Å². The van der Waals surface area contributed by atoms with Gasteiger partial charge in [-0.2, -0.15) is 10.5 Å². The maximum atomic E-state index is 12.0. The lowest BCUT2D eigenvalue weighted by Gasteiger charge is -2.20. The molecule has 0 fully saturated rings. The minimum Gasteiger partial charge on any atom is -0.384 e. The Labute approximate surface area is 153 Å². The first-order valence-electron chi connectivity index (χ1n) is 8.73. The predicted octanol–water partition coefficient (Wildman–Crippen LogP) is 2.99. The van der Waals surface area contributed by atoms with Crippen LogP contribution in [-0.2, 0) is 6.54 Å². The summed E-state index contributed by atoms with van der Waals surface area (Å²) in [4.78, 5) is 16.7. The first kappa shape index (κ1) is 19.2. The number of unbranched alkanes of at least 4 members (excludes halogenated alkanes) is 1. The topological polar surface area (TPSA) is 110 Å². The van der Waals surface area contributed by atoms with Gasteiger partial charge in [-0.3, -0.25) is 9.69 Å². The number of nitrogens with two attached hydrogens (primary N) is 1. The summed E-state index contributed by atoms with van der Waals surface area (Å²) < 4.78 is 0. The standard InChI is InChI=1S/C20H23N5O/c1-3-5-10-25(4-2)13-14-6-8-15(9-7-14)18-16(11-21)19(23)24-20(26)17(18)12-22/h6-9H,3-5,10,13H2,1-2H3,(H3,23,24,26). The minimum absolute atomic E-state index is 0.0210. The lowest BCUT2D eigenvalue weighted by molar-refractivity contribution is 0.275. The van der Waals surface area contributed by atoms with Gasteiger partial charge in [-0.15, -0.1) is 0 Å². The molecule has 26 heavy (non-hydrogen) atoms. The van der Waals surface area contributed by atoms with Gasteiger partial charge in [-0.05, 0) is 30.6 Å². The number of hydrogen-bond acceptors (Lipinski definition) is 5. The van der Waals surface area contributed by atoms with Crippen molar-refractivity contribution >= 4 is 5.82 Å². The first-order chi connectivity index (χ1) is 12.5. The Hall–Kier alpha value is -3.09. The van der Waals surface area contributed by atoms with Gasteiger partial charge in [0.15, 0.2) is 0 Å². The highest BCUT2D eigenvalue weighted by atomic mass is 16.1. The number of nitrogen functional groups attached to an aromatic ring is 1. The number of anilines is 1. The van der Waals surface area contributed by atoms with Crippen LogP contribution in [-0.4, -0.2) is 23.0 Å². The molecule has 0 amide bonds. The summed E-state index contributed by atoms with van der Waals surface area (Å²) >= 11 is 0. The summed E-state index contributed by atoms with van der Waals surface area (Å²) in [6, 6.07) is 11.5. The van der Waals surface area contributed by atoms with Crippen molar-refractivity contribution in [2.45, 2.75) is 33.2 Å². The highest BCUT2D eigenvalue weighted by Crippen LogP contribution is 2.28. The van der Waals surface area contributed by atoms with Gasteiger partial charge in [0.2, 0.25) is 0 Å². The lowest BCUT2D eigenvalue weighted by Crippen LogP contribution is -2.23. The van der Waals surface area contributed by atoms with Gasteiger partial charge in [0, 0.05) is 12.1 Å². The fraction of sp³-hybridized carbons (Fsp3) is 0.350. The van der Waals surface area contributed by atoms with Gasteiger partial charge in [-0.25, -0.2) is 0 Å². The van der Waals surface area contributed by atoms with Crippen molar-refractivity contribution in [1.82, 2.24) is 9.88 Å². The Morgan fingerprint density at radius 1 is 1.12 bits per heavy atom. The second-order valence-electron chi connectivity index (χ2n) is 6.14. The van der Waals surface area contributed by atoms with Crippen molar-refractivity contribution in [1.29, 1.82) is 10.5 Å². The molecule has 1 aromatic heterocycles. The molecule has 6 nitrogen and oxygen atoms in total. The van der Waals surface area contributed by atoms with Crippen molar-refractivity contribution in [3.05, 3.63) is 51.3 Å². The fourth-order valence-electron chi connectivity index (χ4n) is 2.90. The van der Waals surface area contributed by atoms with E-state index in [1.165, 1.54) is 0 Å². The maximum absolute atomic E-state index is 12.0. The Bertz CT molecular complexity index is 900. The highest BCUT2D eigenvalue weighted by molar-refractivity contribution is 5.80. The van der Waals surface area contributed by atoms with Gasteiger partial charge >= 0.3 is 0 Å². The van der Waals surface area contributed by atoms with Gasteiger partial charge in [0.05, 0.1) is 0 Å². The van der Waals surface area contributed by atoms with Crippen molar-refractivity contribution in [2.75, 3.05) is 18.8 Å². The van der Waals surface area contributed by atoms with E-state index >= 15 is 0 Å². The quantitative estimate of drug-likeness (QED) is 0.798. The van der Waals surface area contributed by atoms with E-state index in [4.69, 9.17) is 5.73 Å². The molecule has 134 valence electrons. The average Bonchev–Trinajstić information content (AvgIpc) is 2.65. The minimum atomic E-state index is -0.584. The van der Waals surface area contributed by atoms with Crippen LogP contribution < -0.4 is 11.3 Å². The molecule has 0 spiro atoms. The first-order valence-corrected chi connectivity index (χ1v) is 8.73. The predicted molar refractivity (Wildman–Crippen MR) is 102 cm³/mol. The summed E-state index contributed by atoms with van der Waals surface area (Å²) in [5.41, 5.74) is 7.27. The fourth-order valence-corrected chi connectivity index (χ4v) is 2.90. The molecule has 1 aromatic carbocycles. The van der Waals surface area contributed by atoms with E-state index in [1.54, 1.807) is 0 Å². The molecule has 0 radical (unpaired) electrons. The van der Waals surface area contributed by atoms with Crippen LogP contribution >= 0.6 is 0 Å². The van der Waals surface area contributed by atoms with Crippen molar-refractivity contribution in [3.63, 3.8) is 0 Å². The summed E-state index contributed by atoms with van der Waals surface area (Å²) in [6.07, 6.45) is 2.32. The number of aromatic amines is 1. The van der Waals surface area contributed by atoms with Crippen LogP contribution in [0, 0.1) is 22.7 Å². The van der Waals surface area contributed by atoms with E-state index in [1.807, 2.05) is 36.4 Å². The Balaban J connectivity index is 2.39. The molecular weight excluding hydrogens is 326 g/mol. The summed E-state index contributed by atoms with van der Waals surface area (Å²) in [6.45, 7) is 7.18. The third kappa shape index (κ3) is 4.11. The molecule has 0 aliphatic rings. The Morgan fingerprint density at radius 3 is 2.31 bits per heavy atom. The smallest absolute Gasteiger partial charge is 0.268 e. The van der Waals surface area contributed by atoms with Crippen molar-refractivity contribution in [2.24, 2.45) is 0 Å².